The second kappa shape index (κ2) is 9.89. The third kappa shape index (κ3) is 5.49. The van der Waals surface area contributed by atoms with Gasteiger partial charge in [0.2, 0.25) is 5.95 Å². The number of rotatable bonds is 7. The molecule has 0 radical (unpaired) electrons. The molecule has 162 valence electrons. The Bertz CT molecular complexity index is 1220. The van der Waals surface area contributed by atoms with E-state index in [-0.39, 0.29) is 5.95 Å². The lowest BCUT2D eigenvalue weighted by Gasteiger charge is -2.14. The topological polar surface area (TPSA) is 82.3 Å². The molecule has 1 heterocycles. The lowest BCUT2D eigenvalue weighted by Crippen LogP contribution is -2.04. The summed E-state index contributed by atoms with van der Waals surface area (Å²) in [6.45, 7) is 0.360. The molecular formula is C24H20BrClN4O2. The molecule has 0 atom stereocenters. The minimum Gasteiger partial charge on any atom is -0.497 e. The van der Waals surface area contributed by atoms with Gasteiger partial charge >= 0.3 is 0 Å². The SMILES string of the molecule is COc1ccc(OCc2ccc(Br)cc2-c2cc(Nc3ccc(Cl)cc3)nc(N)n2)cc1. The number of nitrogens with zero attached hydrogens (tertiary/aromatic N) is 2. The third-order valence-corrected chi connectivity index (χ3v) is 5.41. The van der Waals surface area contributed by atoms with Gasteiger partial charge in [-0.3, -0.25) is 0 Å². The first-order chi connectivity index (χ1) is 15.5. The number of anilines is 3. The van der Waals surface area contributed by atoms with Crippen molar-refractivity contribution in [2.75, 3.05) is 18.2 Å². The highest BCUT2D eigenvalue weighted by atomic mass is 79.9. The summed E-state index contributed by atoms with van der Waals surface area (Å²) in [5, 5.41) is 3.90. The molecule has 0 amide bonds. The van der Waals surface area contributed by atoms with Crippen LogP contribution in [0, 0.1) is 0 Å². The number of aromatic nitrogens is 2. The first-order valence-corrected chi connectivity index (χ1v) is 10.9. The zero-order valence-corrected chi connectivity index (χ0v) is 19.5. The Balaban J connectivity index is 1.61. The van der Waals surface area contributed by atoms with E-state index >= 15 is 0 Å². The normalized spacial score (nSPS) is 10.6. The summed E-state index contributed by atoms with van der Waals surface area (Å²) in [6, 6.07) is 22.6. The zero-order valence-electron chi connectivity index (χ0n) is 17.2. The van der Waals surface area contributed by atoms with Crippen LogP contribution >= 0.6 is 27.5 Å². The van der Waals surface area contributed by atoms with Crippen LogP contribution in [-0.2, 0) is 6.61 Å². The number of halogens is 2. The molecule has 3 aromatic carbocycles. The number of hydrogen-bond donors (Lipinski definition) is 2. The van der Waals surface area contributed by atoms with Crippen molar-refractivity contribution >= 4 is 45.0 Å². The summed E-state index contributed by atoms with van der Waals surface area (Å²) in [7, 11) is 1.63. The van der Waals surface area contributed by atoms with Gasteiger partial charge in [0.1, 0.15) is 23.9 Å². The standard InChI is InChI=1S/C24H20BrClN4O2/c1-31-19-8-10-20(11-9-19)32-14-15-2-3-16(25)12-21(15)22-13-23(30-24(27)29-22)28-18-6-4-17(26)5-7-18/h2-13H,14H2,1H3,(H3,27,28,29,30). The molecule has 0 saturated heterocycles. The second-order valence-electron chi connectivity index (χ2n) is 6.89. The molecule has 4 aromatic rings. The van der Waals surface area contributed by atoms with Crippen molar-refractivity contribution in [3.63, 3.8) is 0 Å². The van der Waals surface area contributed by atoms with Crippen molar-refractivity contribution in [1.82, 2.24) is 9.97 Å². The van der Waals surface area contributed by atoms with E-state index in [9.17, 15) is 0 Å². The van der Waals surface area contributed by atoms with Gasteiger partial charge in [-0.15, -0.1) is 0 Å². The first-order valence-electron chi connectivity index (χ1n) is 9.73. The number of nitrogen functional groups attached to an aromatic ring is 1. The summed E-state index contributed by atoms with van der Waals surface area (Å²) in [6.07, 6.45) is 0. The maximum Gasteiger partial charge on any atom is 0.222 e. The quantitative estimate of drug-likeness (QED) is 0.296. The Morgan fingerprint density at radius 1 is 0.938 bits per heavy atom. The van der Waals surface area contributed by atoms with E-state index in [0.717, 1.165) is 32.8 Å². The van der Waals surface area contributed by atoms with Crippen LogP contribution in [0.3, 0.4) is 0 Å². The fourth-order valence-corrected chi connectivity index (χ4v) is 3.58. The van der Waals surface area contributed by atoms with E-state index in [1.807, 2.05) is 60.7 Å². The van der Waals surface area contributed by atoms with E-state index in [0.29, 0.717) is 23.1 Å². The monoisotopic (exact) mass is 510 g/mol. The van der Waals surface area contributed by atoms with Gasteiger partial charge in [-0.05, 0) is 66.2 Å². The second-order valence-corrected chi connectivity index (χ2v) is 8.25. The van der Waals surface area contributed by atoms with Crippen LogP contribution in [0.1, 0.15) is 5.56 Å². The number of ether oxygens (including phenoxy) is 2. The lowest BCUT2D eigenvalue weighted by molar-refractivity contribution is 0.306. The minimum atomic E-state index is 0.168. The fourth-order valence-electron chi connectivity index (χ4n) is 3.10. The van der Waals surface area contributed by atoms with Crippen LogP contribution in [0.25, 0.3) is 11.3 Å². The molecule has 4 rings (SSSR count). The first kappa shape index (κ1) is 21.9. The molecule has 0 spiro atoms. The summed E-state index contributed by atoms with van der Waals surface area (Å²) in [4.78, 5) is 8.76. The van der Waals surface area contributed by atoms with Gasteiger partial charge < -0.3 is 20.5 Å². The number of nitrogens with one attached hydrogen (secondary N) is 1. The number of nitrogens with two attached hydrogens (primary N) is 1. The Labute approximate surface area is 199 Å². The molecular weight excluding hydrogens is 492 g/mol. The third-order valence-electron chi connectivity index (χ3n) is 4.66. The van der Waals surface area contributed by atoms with Crippen molar-refractivity contribution in [3.05, 3.63) is 87.9 Å². The summed E-state index contributed by atoms with van der Waals surface area (Å²) >= 11 is 9.52. The largest absolute Gasteiger partial charge is 0.497 e. The predicted molar refractivity (Wildman–Crippen MR) is 132 cm³/mol. The molecule has 3 N–H and O–H groups in total. The average Bonchev–Trinajstić information content (AvgIpc) is 2.80. The van der Waals surface area contributed by atoms with Crippen molar-refractivity contribution in [1.29, 1.82) is 0 Å². The molecule has 32 heavy (non-hydrogen) atoms. The highest BCUT2D eigenvalue weighted by Gasteiger charge is 2.12. The van der Waals surface area contributed by atoms with Crippen molar-refractivity contribution in [2.24, 2.45) is 0 Å². The van der Waals surface area contributed by atoms with Gasteiger partial charge in [-0.2, -0.15) is 4.98 Å². The fraction of sp³-hybridized carbons (Fsp3) is 0.0833. The zero-order chi connectivity index (χ0) is 22.5. The summed E-state index contributed by atoms with van der Waals surface area (Å²) < 4.78 is 12.1. The van der Waals surface area contributed by atoms with E-state index in [1.165, 1.54) is 0 Å². The highest BCUT2D eigenvalue weighted by molar-refractivity contribution is 9.10. The molecule has 0 fully saturated rings. The lowest BCUT2D eigenvalue weighted by atomic mass is 10.0. The molecule has 8 heteroatoms. The molecule has 1 aromatic heterocycles. The molecule has 0 bridgehead atoms. The maximum atomic E-state index is 6.02. The Morgan fingerprint density at radius 3 is 2.38 bits per heavy atom. The van der Waals surface area contributed by atoms with Crippen LogP contribution in [0.2, 0.25) is 5.02 Å². The average molecular weight is 512 g/mol. The molecule has 0 unspecified atom stereocenters. The number of hydrogen-bond acceptors (Lipinski definition) is 6. The molecule has 6 nitrogen and oxygen atoms in total. The summed E-state index contributed by atoms with van der Waals surface area (Å²) in [5.74, 6) is 2.27. The van der Waals surface area contributed by atoms with Crippen LogP contribution in [-0.4, -0.2) is 17.1 Å². The van der Waals surface area contributed by atoms with E-state index in [1.54, 1.807) is 19.2 Å². The smallest absolute Gasteiger partial charge is 0.222 e. The Morgan fingerprint density at radius 2 is 1.66 bits per heavy atom. The van der Waals surface area contributed by atoms with Gasteiger partial charge in [0.15, 0.2) is 0 Å². The predicted octanol–water partition coefficient (Wildman–Crippen LogP) is 6.47. The van der Waals surface area contributed by atoms with E-state index in [2.05, 4.69) is 31.2 Å². The van der Waals surface area contributed by atoms with E-state index < -0.39 is 0 Å². The van der Waals surface area contributed by atoms with Crippen LogP contribution in [0.15, 0.2) is 77.3 Å². The van der Waals surface area contributed by atoms with Crippen LogP contribution in [0.4, 0.5) is 17.5 Å². The summed E-state index contributed by atoms with van der Waals surface area (Å²) in [5.41, 5.74) is 9.39. The molecule has 0 aliphatic rings. The van der Waals surface area contributed by atoms with Crippen LogP contribution in [0.5, 0.6) is 11.5 Å². The maximum absolute atomic E-state index is 6.02. The minimum absolute atomic E-state index is 0.168. The van der Waals surface area contributed by atoms with Gasteiger partial charge in [-0.1, -0.05) is 33.6 Å². The highest BCUT2D eigenvalue weighted by Crippen LogP contribution is 2.30. The van der Waals surface area contributed by atoms with Crippen LogP contribution < -0.4 is 20.5 Å². The molecule has 0 aliphatic carbocycles. The van der Waals surface area contributed by atoms with Crippen molar-refractivity contribution < 1.29 is 9.47 Å². The van der Waals surface area contributed by atoms with Crippen molar-refractivity contribution in [3.8, 4) is 22.8 Å². The van der Waals surface area contributed by atoms with Gasteiger partial charge in [0.05, 0.1) is 12.8 Å². The molecule has 0 aliphatic heterocycles. The molecule has 0 saturated carbocycles. The van der Waals surface area contributed by atoms with Gasteiger partial charge in [-0.25, -0.2) is 4.98 Å². The van der Waals surface area contributed by atoms with Gasteiger partial charge in [0, 0.05) is 26.8 Å². The van der Waals surface area contributed by atoms with Crippen molar-refractivity contribution in [2.45, 2.75) is 6.61 Å². The van der Waals surface area contributed by atoms with Gasteiger partial charge in [0.25, 0.3) is 0 Å². The Hall–Kier alpha value is -3.29. The number of methoxy groups -OCH3 is 1. The van der Waals surface area contributed by atoms with E-state index in [4.69, 9.17) is 26.8 Å². The Kier molecular flexibility index (Phi) is 6.78. The number of benzene rings is 3.